The summed E-state index contributed by atoms with van der Waals surface area (Å²) in [6.07, 6.45) is 1.42. The van der Waals surface area contributed by atoms with E-state index in [9.17, 15) is 9.90 Å². The molecule has 4 heteroatoms. The number of benzene rings is 1. The molecule has 1 N–H and O–H groups in total. The molecule has 0 saturated heterocycles. The summed E-state index contributed by atoms with van der Waals surface area (Å²) in [5, 5.41) is 9.22. The van der Waals surface area contributed by atoms with E-state index < -0.39 is 5.97 Å². The Balaban J connectivity index is 2.05. The third-order valence-electron chi connectivity index (χ3n) is 4.41. The van der Waals surface area contributed by atoms with Gasteiger partial charge in [-0.2, -0.15) is 0 Å². The quantitative estimate of drug-likeness (QED) is 0.921. The van der Waals surface area contributed by atoms with Crippen molar-refractivity contribution in [3.8, 4) is 11.3 Å². The number of carbonyl (C=O) groups is 1. The second kappa shape index (κ2) is 5.02. The summed E-state index contributed by atoms with van der Waals surface area (Å²) < 4.78 is 2.08. The first kappa shape index (κ1) is 13.9. The molecule has 0 aliphatic carbocycles. The van der Waals surface area contributed by atoms with Gasteiger partial charge >= 0.3 is 5.97 Å². The average molecular weight is 284 g/mol. The molecule has 21 heavy (non-hydrogen) atoms. The highest BCUT2D eigenvalue weighted by atomic mass is 16.4. The molecule has 2 heterocycles. The zero-order valence-corrected chi connectivity index (χ0v) is 12.7. The van der Waals surface area contributed by atoms with Gasteiger partial charge in [0.1, 0.15) is 5.82 Å². The first-order valence-corrected chi connectivity index (χ1v) is 7.34. The van der Waals surface area contributed by atoms with Gasteiger partial charge < -0.3 is 9.67 Å². The van der Waals surface area contributed by atoms with Gasteiger partial charge in [0.2, 0.25) is 0 Å². The third-order valence-corrected chi connectivity index (χ3v) is 4.41. The molecular formula is C17H20N2O2. The second-order valence-electron chi connectivity index (χ2n) is 5.96. The lowest BCUT2D eigenvalue weighted by molar-refractivity contribution is -0.142. The predicted octanol–water partition coefficient (Wildman–Crippen LogP) is 3.12. The molecule has 4 nitrogen and oxygen atoms in total. The van der Waals surface area contributed by atoms with Crippen LogP contribution in [0.2, 0.25) is 0 Å². The Labute approximate surface area is 124 Å². The van der Waals surface area contributed by atoms with E-state index in [1.807, 2.05) is 6.92 Å². The molecule has 0 radical (unpaired) electrons. The van der Waals surface area contributed by atoms with E-state index in [1.54, 1.807) is 0 Å². The number of carboxylic acids is 1. The molecule has 0 bridgehead atoms. The minimum atomic E-state index is -0.707. The lowest BCUT2D eigenvalue weighted by Crippen LogP contribution is -2.27. The second-order valence-corrected chi connectivity index (χ2v) is 5.96. The van der Waals surface area contributed by atoms with E-state index in [4.69, 9.17) is 4.98 Å². The normalized spacial score (nSPS) is 17.6. The van der Waals surface area contributed by atoms with Crippen LogP contribution in [0.15, 0.2) is 18.2 Å². The van der Waals surface area contributed by atoms with Crippen molar-refractivity contribution < 1.29 is 9.90 Å². The molecule has 0 spiro atoms. The molecule has 0 fully saturated rings. The van der Waals surface area contributed by atoms with E-state index in [-0.39, 0.29) is 5.92 Å². The van der Waals surface area contributed by atoms with E-state index in [1.165, 1.54) is 11.1 Å². The Morgan fingerprint density at radius 1 is 1.33 bits per heavy atom. The smallest absolute Gasteiger partial charge is 0.308 e. The molecule has 1 aromatic carbocycles. The maximum Gasteiger partial charge on any atom is 0.308 e. The minimum Gasteiger partial charge on any atom is -0.481 e. The first-order valence-electron chi connectivity index (χ1n) is 7.34. The molecule has 1 unspecified atom stereocenters. The Hall–Kier alpha value is -2.10. The average Bonchev–Trinajstić information content (AvgIpc) is 2.75. The van der Waals surface area contributed by atoms with Crippen molar-refractivity contribution in [2.24, 2.45) is 5.92 Å². The van der Waals surface area contributed by atoms with Crippen molar-refractivity contribution in [2.45, 2.75) is 40.2 Å². The SMILES string of the molecule is Cc1ccc(-c2nc3n(c2C)CC(C(=O)O)CC3)c(C)c1. The molecule has 110 valence electrons. The van der Waals surface area contributed by atoms with Crippen molar-refractivity contribution in [2.75, 3.05) is 0 Å². The lowest BCUT2D eigenvalue weighted by Gasteiger charge is -2.21. The van der Waals surface area contributed by atoms with Crippen LogP contribution in [0.5, 0.6) is 0 Å². The van der Waals surface area contributed by atoms with Gasteiger partial charge in [-0.15, -0.1) is 0 Å². The van der Waals surface area contributed by atoms with Crippen LogP contribution >= 0.6 is 0 Å². The minimum absolute atomic E-state index is 0.294. The van der Waals surface area contributed by atoms with E-state index in [2.05, 4.69) is 36.6 Å². The van der Waals surface area contributed by atoms with Crippen molar-refractivity contribution in [1.29, 1.82) is 0 Å². The fourth-order valence-corrected chi connectivity index (χ4v) is 3.18. The Morgan fingerprint density at radius 2 is 2.10 bits per heavy atom. The number of fused-ring (bicyclic) bond motifs is 1. The molecule has 1 aromatic heterocycles. The topological polar surface area (TPSA) is 55.1 Å². The molecule has 1 atom stereocenters. The van der Waals surface area contributed by atoms with Crippen LogP contribution in [-0.4, -0.2) is 20.6 Å². The van der Waals surface area contributed by atoms with Gasteiger partial charge in [0.15, 0.2) is 0 Å². The number of nitrogens with zero attached hydrogens (tertiary/aromatic N) is 2. The van der Waals surface area contributed by atoms with E-state index in [0.29, 0.717) is 13.0 Å². The number of aromatic nitrogens is 2. The van der Waals surface area contributed by atoms with E-state index in [0.717, 1.165) is 29.2 Å². The summed E-state index contributed by atoms with van der Waals surface area (Å²) in [4.78, 5) is 16.0. The number of aliphatic carboxylic acids is 1. The fraction of sp³-hybridized carbons (Fsp3) is 0.412. The monoisotopic (exact) mass is 284 g/mol. The maximum absolute atomic E-state index is 11.2. The van der Waals surface area contributed by atoms with Crippen LogP contribution in [-0.2, 0) is 17.8 Å². The first-order chi connectivity index (χ1) is 9.97. The van der Waals surface area contributed by atoms with Crippen LogP contribution < -0.4 is 0 Å². The van der Waals surface area contributed by atoms with Gasteiger partial charge in [0.05, 0.1) is 11.6 Å². The third kappa shape index (κ3) is 2.35. The van der Waals surface area contributed by atoms with Gasteiger partial charge in [0.25, 0.3) is 0 Å². The Morgan fingerprint density at radius 3 is 2.76 bits per heavy atom. The van der Waals surface area contributed by atoms with E-state index >= 15 is 0 Å². The van der Waals surface area contributed by atoms with Gasteiger partial charge in [-0.25, -0.2) is 4.98 Å². The summed E-state index contributed by atoms with van der Waals surface area (Å²) in [5.41, 5.74) is 5.66. The van der Waals surface area contributed by atoms with Crippen LogP contribution in [0.3, 0.4) is 0 Å². The van der Waals surface area contributed by atoms with Crippen molar-refractivity contribution >= 4 is 5.97 Å². The molecule has 3 rings (SSSR count). The summed E-state index contributed by atoms with van der Waals surface area (Å²) >= 11 is 0. The molecule has 0 amide bonds. The largest absolute Gasteiger partial charge is 0.481 e. The zero-order valence-electron chi connectivity index (χ0n) is 12.7. The van der Waals surface area contributed by atoms with Gasteiger partial charge in [-0.1, -0.05) is 23.8 Å². The molecule has 2 aromatic rings. The molecule has 1 aliphatic heterocycles. The number of imidazole rings is 1. The van der Waals surface area contributed by atoms with Crippen LogP contribution in [0.4, 0.5) is 0 Å². The summed E-state index contributed by atoms with van der Waals surface area (Å²) in [5.74, 6) is 0.0131. The van der Waals surface area contributed by atoms with Crippen molar-refractivity contribution in [3.63, 3.8) is 0 Å². The van der Waals surface area contributed by atoms with Crippen LogP contribution in [0, 0.1) is 26.7 Å². The Bertz CT molecular complexity index is 716. The summed E-state index contributed by atoms with van der Waals surface area (Å²) in [6.45, 7) is 6.75. The van der Waals surface area contributed by atoms with Gasteiger partial charge in [-0.3, -0.25) is 4.79 Å². The number of carboxylic acid groups (broad SMARTS) is 1. The number of rotatable bonds is 2. The lowest BCUT2D eigenvalue weighted by atomic mass is 9.99. The number of hydrogen-bond acceptors (Lipinski definition) is 2. The molecular weight excluding hydrogens is 264 g/mol. The highest BCUT2D eigenvalue weighted by molar-refractivity contribution is 5.71. The highest BCUT2D eigenvalue weighted by Gasteiger charge is 2.27. The highest BCUT2D eigenvalue weighted by Crippen LogP contribution is 2.31. The predicted molar refractivity (Wildman–Crippen MR) is 81.3 cm³/mol. The summed E-state index contributed by atoms with van der Waals surface area (Å²) in [6, 6.07) is 6.37. The molecule has 1 aliphatic rings. The van der Waals surface area contributed by atoms with Gasteiger partial charge in [-0.05, 0) is 32.8 Å². The van der Waals surface area contributed by atoms with Crippen molar-refractivity contribution in [3.05, 3.63) is 40.8 Å². The number of hydrogen-bond donors (Lipinski definition) is 1. The Kier molecular flexibility index (Phi) is 3.32. The number of aryl methyl sites for hydroxylation is 3. The standard InChI is InChI=1S/C17H20N2O2/c1-10-4-6-14(11(2)8-10)16-12(3)19-9-13(17(20)21)5-7-15(19)18-16/h4,6,8,13H,5,7,9H2,1-3H3,(H,20,21). The van der Waals surface area contributed by atoms with Crippen molar-refractivity contribution in [1.82, 2.24) is 9.55 Å². The van der Waals surface area contributed by atoms with Gasteiger partial charge in [0, 0.05) is 24.2 Å². The fourth-order valence-electron chi connectivity index (χ4n) is 3.18. The van der Waals surface area contributed by atoms with Crippen LogP contribution in [0.1, 0.15) is 29.1 Å². The van der Waals surface area contributed by atoms with Crippen LogP contribution in [0.25, 0.3) is 11.3 Å². The summed E-state index contributed by atoms with van der Waals surface area (Å²) in [7, 11) is 0. The zero-order chi connectivity index (χ0) is 15.1. The molecule has 0 saturated carbocycles. The maximum atomic E-state index is 11.2.